The van der Waals surface area contributed by atoms with Crippen LogP contribution in [0, 0.1) is 11.8 Å². The lowest BCUT2D eigenvalue weighted by molar-refractivity contribution is -0.144. The average Bonchev–Trinajstić information content (AvgIpc) is 2.85. The molecular weight excluding hydrogens is 498 g/mol. The lowest BCUT2D eigenvalue weighted by Gasteiger charge is -2.43. The highest BCUT2D eigenvalue weighted by atomic mass is 35.5. The Hall–Kier alpha value is -3.53. The van der Waals surface area contributed by atoms with Crippen molar-refractivity contribution in [3.63, 3.8) is 0 Å². The van der Waals surface area contributed by atoms with E-state index in [4.69, 9.17) is 11.6 Å². The number of rotatable bonds is 6. The second-order valence-corrected chi connectivity index (χ2v) is 10.1. The van der Waals surface area contributed by atoms with Crippen molar-refractivity contribution in [2.45, 2.75) is 28.7 Å². The van der Waals surface area contributed by atoms with E-state index in [1.165, 1.54) is 11.8 Å². The van der Waals surface area contributed by atoms with Crippen LogP contribution in [-0.4, -0.2) is 30.2 Å². The molecule has 5 rings (SSSR count). The molecule has 0 saturated carbocycles. The van der Waals surface area contributed by atoms with Gasteiger partial charge in [-0.3, -0.25) is 19.7 Å². The van der Waals surface area contributed by atoms with Crippen LogP contribution in [0.4, 0.5) is 11.4 Å². The van der Waals surface area contributed by atoms with E-state index in [9.17, 15) is 14.4 Å². The summed E-state index contributed by atoms with van der Waals surface area (Å²) in [6.45, 7) is 0. The van der Waals surface area contributed by atoms with Gasteiger partial charge in [-0.2, -0.15) is 0 Å². The largest absolute Gasteiger partial charge is 0.353 e. The van der Waals surface area contributed by atoms with Gasteiger partial charge in [0.1, 0.15) is 0 Å². The summed E-state index contributed by atoms with van der Waals surface area (Å²) in [5.74, 6) is -2.61. The van der Waals surface area contributed by atoms with Crippen molar-refractivity contribution in [2.75, 3.05) is 10.6 Å². The third-order valence-corrected chi connectivity index (χ3v) is 7.36. The summed E-state index contributed by atoms with van der Waals surface area (Å²) in [5, 5.41) is 15.5. The Labute approximate surface area is 217 Å². The van der Waals surface area contributed by atoms with Gasteiger partial charge in [0.2, 0.25) is 17.7 Å². The minimum absolute atomic E-state index is 0.0809. The normalized spacial score (nSPS) is 23.1. The van der Waals surface area contributed by atoms with Crippen LogP contribution in [0.2, 0.25) is 5.02 Å². The van der Waals surface area contributed by atoms with Crippen LogP contribution in [-0.2, 0) is 14.4 Å². The number of carbonyl (C=O) groups is 3. The van der Waals surface area contributed by atoms with Gasteiger partial charge in [-0.25, -0.2) is 0 Å². The summed E-state index contributed by atoms with van der Waals surface area (Å²) in [7, 11) is 0. The number of carbonyl (C=O) groups excluding carboxylic acids is 3. The molecule has 36 heavy (non-hydrogen) atoms. The predicted octanol–water partition coefficient (Wildman–Crippen LogP) is 3.62. The molecule has 3 aromatic rings. The van der Waals surface area contributed by atoms with Crippen LogP contribution in [0.25, 0.3) is 0 Å². The van der Waals surface area contributed by atoms with Gasteiger partial charge in [0.05, 0.1) is 23.7 Å². The van der Waals surface area contributed by atoms with Crippen molar-refractivity contribution in [3.8, 4) is 0 Å². The number of halogens is 1. The number of hydrogen-bond acceptors (Lipinski definition) is 6. The Morgan fingerprint density at radius 2 is 1.72 bits per heavy atom. The number of nitrogens with one attached hydrogen (secondary N) is 5. The Balaban J connectivity index is 1.31. The number of benzene rings is 3. The van der Waals surface area contributed by atoms with E-state index < -0.39 is 24.3 Å². The van der Waals surface area contributed by atoms with Crippen molar-refractivity contribution in [1.29, 1.82) is 0 Å². The first-order chi connectivity index (χ1) is 17.5. The molecule has 0 bridgehead atoms. The van der Waals surface area contributed by atoms with Gasteiger partial charge < -0.3 is 21.3 Å². The second-order valence-electron chi connectivity index (χ2n) is 8.55. The third kappa shape index (κ3) is 5.48. The van der Waals surface area contributed by atoms with Crippen molar-refractivity contribution in [2.24, 2.45) is 11.8 Å². The van der Waals surface area contributed by atoms with Gasteiger partial charge in [0, 0.05) is 26.9 Å². The number of hydrogen-bond donors (Lipinski definition) is 5. The fourth-order valence-corrected chi connectivity index (χ4v) is 5.51. The monoisotopic (exact) mass is 521 g/mol. The molecule has 2 aliphatic heterocycles. The molecule has 0 aromatic heterocycles. The van der Waals surface area contributed by atoms with Gasteiger partial charge >= 0.3 is 0 Å². The van der Waals surface area contributed by atoms with Crippen LogP contribution >= 0.6 is 23.4 Å². The molecule has 5 N–H and O–H groups in total. The maximum absolute atomic E-state index is 13.4. The lowest BCUT2D eigenvalue weighted by atomic mass is 9.81. The maximum Gasteiger partial charge on any atom is 0.229 e. The minimum atomic E-state index is -0.835. The molecular formula is C26H24ClN5O3S. The smallest absolute Gasteiger partial charge is 0.229 e. The lowest BCUT2D eigenvalue weighted by Crippen LogP contribution is -2.72. The molecule has 0 radical (unpaired) electrons. The zero-order valence-corrected chi connectivity index (χ0v) is 20.6. The van der Waals surface area contributed by atoms with Crippen LogP contribution in [0.15, 0.2) is 88.7 Å². The highest BCUT2D eigenvalue weighted by molar-refractivity contribution is 7.99. The third-order valence-electron chi connectivity index (χ3n) is 6.04. The van der Waals surface area contributed by atoms with Crippen LogP contribution in [0.5, 0.6) is 0 Å². The first-order valence-corrected chi connectivity index (χ1v) is 12.7. The predicted molar refractivity (Wildman–Crippen MR) is 139 cm³/mol. The van der Waals surface area contributed by atoms with Crippen molar-refractivity contribution in [3.05, 3.63) is 83.9 Å². The summed E-state index contributed by atoms with van der Waals surface area (Å²) in [6.07, 6.45) is -1.44. The summed E-state index contributed by atoms with van der Waals surface area (Å²) in [4.78, 5) is 40.9. The highest BCUT2D eigenvalue weighted by Gasteiger charge is 2.48. The zero-order chi connectivity index (χ0) is 25.1. The summed E-state index contributed by atoms with van der Waals surface area (Å²) >= 11 is 7.57. The molecule has 3 amide bonds. The van der Waals surface area contributed by atoms with E-state index >= 15 is 0 Å². The summed E-state index contributed by atoms with van der Waals surface area (Å²) in [5.41, 5.74) is 1.33. The van der Waals surface area contributed by atoms with E-state index in [-0.39, 0.29) is 24.1 Å². The van der Waals surface area contributed by atoms with Gasteiger partial charge in [-0.05, 0) is 42.5 Å². The first-order valence-electron chi connectivity index (χ1n) is 11.5. The number of anilines is 2. The maximum atomic E-state index is 13.4. The topological polar surface area (TPSA) is 111 Å². The molecule has 0 aliphatic carbocycles. The van der Waals surface area contributed by atoms with Crippen LogP contribution in [0.3, 0.4) is 0 Å². The van der Waals surface area contributed by atoms with Crippen molar-refractivity contribution >= 4 is 52.5 Å². The standard InChI is InChI=1S/C26H24ClN5O3S/c27-15-7-6-8-16(13-15)28-26-31-23-22(25(35)32-26)18(14-21(33)30-23)24(34)29-19-11-4-5-12-20(19)36-17-9-2-1-3-10-17/h1-13,18,22-23,26,28,31H,14H2,(H,29,34)(H,30,33)(H,32,35). The molecule has 2 fully saturated rings. The molecule has 3 aromatic carbocycles. The van der Waals surface area contributed by atoms with E-state index in [1.54, 1.807) is 18.2 Å². The van der Waals surface area contributed by atoms with E-state index in [0.29, 0.717) is 16.4 Å². The molecule has 4 atom stereocenters. The van der Waals surface area contributed by atoms with E-state index in [1.807, 2.05) is 60.7 Å². The quantitative estimate of drug-likeness (QED) is 0.339. The SMILES string of the molecule is O=C1CC(C(=O)Nc2ccccc2Sc2ccccc2)C2C(=O)NC(Nc3cccc(Cl)c3)NC2N1. The zero-order valence-electron chi connectivity index (χ0n) is 19.0. The number of para-hydroxylation sites is 1. The number of fused-ring (bicyclic) bond motifs is 1. The Kier molecular flexibility index (Phi) is 7.13. The molecule has 2 aliphatic rings. The Morgan fingerprint density at radius 1 is 0.944 bits per heavy atom. The Bertz CT molecular complexity index is 1290. The molecule has 10 heteroatoms. The van der Waals surface area contributed by atoms with Gasteiger partial charge in [-0.15, -0.1) is 0 Å². The molecule has 4 unspecified atom stereocenters. The molecule has 2 heterocycles. The van der Waals surface area contributed by atoms with Crippen molar-refractivity contribution < 1.29 is 14.4 Å². The van der Waals surface area contributed by atoms with E-state index in [2.05, 4.69) is 26.6 Å². The van der Waals surface area contributed by atoms with Crippen molar-refractivity contribution in [1.82, 2.24) is 16.0 Å². The second kappa shape index (κ2) is 10.6. The minimum Gasteiger partial charge on any atom is -0.353 e. The molecule has 2 saturated heterocycles. The molecule has 184 valence electrons. The average molecular weight is 522 g/mol. The highest BCUT2D eigenvalue weighted by Crippen LogP contribution is 2.34. The van der Waals surface area contributed by atoms with Gasteiger partial charge in [-0.1, -0.05) is 59.8 Å². The van der Waals surface area contributed by atoms with E-state index in [0.717, 1.165) is 9.79 Å². The van der Waals surface area contributed by atoms with Gasteiger partial charge in [0.15, 0.2) is 6.29 Å². The fraction of sp³-hybridized carbons (Fsp3) is 0.192. The van der Waals surface area contributed by atoms with Gasteiger partial charge in [0.25, 0.3) is 0 Å². The Morgan fingerprint density at radius 3 is 2.53 bits per heavy atom. The van der Waals surface area contributed by atoms with Crippen LogP contribution in [0.1, 0.15) is 6.42 Å². The first kappa shape index (κ1) is 24.2. The number of amides is 3. The van der Waals surface area contributed by atoms with Crippen LogP contribution < -0.4 is 26.6 Å². The summed E-state index contributed by atoms with van der Waals surface area (Å²) in [6, 6.07) is 24.4. The molecule has 8 nitrogen and oxygen atoms in total. The molecule has 0 spiro atoms. The summed E-state index contributed by atoms with van der Waals surface area (Å²) < 4.78 is 0. The number of piperidine rings is 1. The fourth-order valence-electron chi connectivity index (χ4n) is 4.40.